The summed E-state index contributed by atoms with van der Waals surface area (Å²) in [5.74, 6) is -0.919. The number of carboxylic acid groups (broad SMARTS) is 1. The summed E-state index contributed by atoms with van der Waals surface area (Å²) in [7, 11) is 0. The number of carboxylic acids is 1. The Kier molecular flexibility index (Phi) is 7.41. The van der Waals surface area contributed by atoms with E-state index in [1.165, 1.54) is 16.7 Å². The van der Waals surface area contributed by atoms with E-state index in [2.05, 4.69) is 23.5 Å². The van der Waals surface area contributed by atoms with Crippen molar-refractivity contribution in [1.29, 1.82) is 0 Å². The van der Waals surface area contributed by atoms with E-state index in [-0.39, 0.29) is 30.4 Å². The molecule has 0 aromatic heterocycles. The van der Waals surface area contributed by atoms with E-state index in [0.717, 1.165) is 64.8 Å². The highest BCUT2D eigenvalue weighted by molar-refractivity contribution is 5.85. The third-order valence-electron chi connectivity index (χ3n) is 6.70. The van der Waals surface area contributed by atoms with Gasteiger partial charge in [0.15, 0.2) is 0 Å². The molecule has 1 aromatic rings. The standard InChI is InChI=1S/C22H31N3O3.ClH/c26-21(27)18-3-5-20(6-4-18)25-14-13-24(22(25)28)12-9-16-1-2-17-7-10-23-11-8-19(17)15-16;/h1-2,15,18,20,23H,3-14H2,(H,26,27);1H. The summed E-state index contributed by atoms with van der Waals surface area (Å²) in [6, 6.07) is 7.16. The van der Waals surface area contributed by atoms with Crippen molar-refractivity contribution in [2.45, 2.75) is 51.0 Å². The zero-order chi connectivity index (χ0) is 19.5. The smallest absolute Gasteiger partial charge is 0.320 e. The number of aliphatic carboxylic acids is 1. The van der Waals surface area contributed by atoms with Gasteiger partial charge in [0.1, 0.15) is 0 Å². The van der Waals surface area contributed by atoms with Crippen molar-refractivity contribution in [3.05, 3.63) is 34.9 Å². The van der Waals surface area contributed by atoms with E-state index in [4.69, 9.17) is 5.11 Å². The zero-order valence-corrected chi connectivity index (χ0v) is 17.8. The number of hydrogen-bond donors (Lipinski definition) is 2. The Morgan fingerprint density at radius 1 is 1.07 bits per heavy atom. The first kappa shape index (κ1) is 21.9. The van der Waals surface area contributed by atoms with Gasteiger partial charge < -0.3 is 20.2 Å². The number of rotatable bonds is 5. The van der Waals surface area contributed by atoms with Crippen LogP contribution < -0.4 is 5.32 Å². The minimum absolute atomic E-state index is 0. The molecule has 1 aromatic carbocycles. The summed E-state index contributed by atoms with van der Waals surface area (Å²) < 4.78 is 0. The minimum atomic E-state index is -0.690. The summed E-state index contributed by atoms with van der Waals surface area (Å²) >= 11 is 0. The van der Waals surface area contributed by atoms with Gasteiger partial charge >= 0.3 is 12.0 Å². The Morgan fingerprint density at radius 3 is 2.52 bits per heavy atom. The lowest BCUT2D eigenvalue weighted by atomic mass is 9.85. The number of carbonyl (C=O) groups is 2. The number of amides is 2. The van der Waals surface area contributed by atoms with Crippen molar-refractivity contribution in [2.75, 3.05) is 32.7 Å². The monoisotopic (exact) mass is 421 g/mol. The molecule has 2 heterocycles. The number of benzene rings is 1. The molecule has 6 nitrogen and oxygen atoms in total. The Bertz CT molecular complexity index is 734. The zero-order valence-electron chi connectivity index (χ0n) is 16.9. The molecule has 2 fully saturated rings. The lowest BCUT2D eigenvalue weighted by Crippen LogP contribution is -2.42. The number of urea groups is 1. The maximum absolute atomic E-state index is 12.8. The highest BCUT2D eigenvalue weighted by Gasteiger charge is 2.36. The molecule has 0 bridgehead atoms. The predicted molar refractivity (Wildman–Crippen MR) is 115 cm³/mol. The van der Waals surface area contributed by atoms with Crippen LogP contribution in [0.25, 0.3) is 0 Å². The molecule has 1 aliphatic carbocycles. The summed E-state index contributed by atoms with van der Waals surface area (Å²) in [6.45, 7) is 4.42. The van der Waals surface area contributed by atoms with Crippen molar-refractivity contribution in [2.24, 2.45) is 5.92 Å². The van der Waals surface area contributed by atoms with Crippen LogP contribution in [0.3, 0.4) is 0 Å². The van der Waals surface area contributed by atoms with E-state index in [1.54, 1.807) is 0 Å². The topological polar surface area (TPSA) is 72.9 Å². The normalized spacial score (nSPS) is 24.6. The molecular formula is C22H32ClN3O3. The fraction of sp³-hybridized carbons (Fsp3) is 0.636. The Morgan fingerprint density at radius 2 is 1.79 bits per heavy atom. The summed E-state index contributed by atoms with van der Waals surface area (Å²) in [4.78, 5) is 27.9. The molecule has 0 atom stereocenters. The first-order chi connectivity index (χ1) is 13.6. The number of fused-ring (bicyclic) bond motifs is 1. The van der Waals surface area contributed by atoms with E-state index >= 15 is 0 Å². The maximum atomic E-state index is 12.8. The quantitative estimate of drug-likeness (QED) is 0.766. The highest BCUT2D eigenvalue weighted by atomic mass is 35.5. The van der Waals surface area contributed by atoms with Crippen molar-refractivity contribution < 1.29 is 14.7 Å². The van der Waals surface area contributed by atoms with Crippen LogP contribution in [0, 0.1) is 5.92 Å². The molecule has 2 amide bonds. The molecule has 2 aliphatic heterocycles. The van der Waals surface area contributed by atoms with Gasteiger partial charge in [-0.3, -0.25) is 4.79 Å². The van der Waals surface area contributed by atoms with Crippen LogP contribution in [0.1, 0.15) is 42.4 Å². The Labute approximate surface area is 179 Å². The van der Waals surface area contributed by atoms with E-state index in [0.29, 0.717) is 12.8 Å². The molecule has 2 N–H and O–H groups in total. The Hall–Kier alpha value is -1.79. The van der Waals surface area contributed by atoms with Crippen LogP contribution in [0.4, 0.5) is 4.79 Å². The molecular weight excluding hydrogens is 390 g/mol. The molecule has 0 radical (unpaired) electrons. The van der Waals surface area contributed by atoms with Crippen molar-refractivity contribution >= 4 is 24.4 Å². The molecule has 1 saturated heterocycles. The van der Waals surface area contributed by atoms with Crippen LogP contribution >= 0.6 is 12.4 Å². The molecule has 160 valence electrons. The predicted octanol–water partition coefficient (Wildman–Crippen LogP) is 2.72. The maximum Gasteiger partial charge on any atom is 0.320 e. The molecule has 1 saturated carbocycles. The minimum Gasteiger partial charge on any atom is -0.481 e. The second-order valence-electron chi connectivity index (χ2n) is 8.41. The number of carbonyl (C=O) groups excluding carboxylic acids is 1. The largest absolute Gasteiger partial charge is 0.481 e. The third-order valence-corrected chi connectivity index (χ3v) is 6.70. The SMILES string of the molecule is Cl.O=C(O)C1CCC(N2CCN(CCc3ccc4c(c3)CCNCC4)C2=O)CC1. The van der Waals surface area contributed by atoms with Crippen molar-refractivity contribution in [3.8, 4) is 0 Å². The summed E-state index contributed by atoms with van der Waals surface area (Å²) in [5, 5.41) is 12.6. The van der Waals surface area contributed by atoms with Gasteiger partial charge in [-0.15, -0.1) is 12.4 Å². The fourth-order valence-corrected chi connectivity index (χ4v) is 4.93. The van der Waals surface area contributed by atoms with Crippen LogP contribution in [0.5, 0.6) is 0 Å². The van der Waals surface area contributed by atoms with Gasteiger partial charge in [0, 0.05) is 25.7 Å². The first-order valence-electron chi connectivity index (χ1n) is 10.7. The number of halogens is 1. The average Bonchev–Trinajstić information content (AvgIpc) is 2.92. The fourth-order valence-electron chi connectivity index (χ4n) is 4.93. The number of nitrogens with zero attached hydrogens (tertiary/aromatic N) is 2. The molecule has 0 spiro atoms. The van der Waals surface area contributed by atoms with Crippen LogP contribution in [-0.2, 0) is 24.1 Å². The van der Waals surface area contributed by atoms with Gasteiger partial charge in [-0.2, -0.15) is 0 Å². The van der Waals surface area contributed by atoms with Gasteiger partial charge in [0.05, 0.1) is 5.92 Å². The number of nitrogens with one attached hydrogen (secondary N) is 1. The second kappa shape index (κ2) is 9.81. The van der Waals surface area contributed by atoms with Gasteiger partial charge in [-0.05, 0) is 74.7 Å². The summed E-state index contributed by atoms with van der Waals surface area (Å²) in [6.07, 6.45) is 6.08. The van der Waals surface area contributed by atoms with E-state index in [1.807, 2.05) is 9.80 Å². The first-order valence-corrected chi connectivity index (χ1v) is 10.7. The highest BCUT2D eigenvalue weighted by Crippen LogP contribution is 2.30. The third kappa shape index (κ3) is 5.04. The molecule has 29 heavy (non-hydrogen) atoms. The lowest BCUT2D eigenvalue weighted by Gasteiger charge is -2.33. The van der Waals surface area contributed by atoms with Crippen molar-refractivity contribution in [1.82, 2.24) is 15.1 Å². The van der Waals surface area contributed by atoms with Crippen molar-refractivity contribution in [3.63, 3.8) is 0 Å². The lowest BCUT2D eigenvalue weighted by molar-refractivity contribution is -0.143. The van der Waals surface area contributed by atoms with Gasteiger partial charge in [0.25, 0.3) is 0 Å². The molecule has 4 rings (SSSR count). The van der Waals surface area contributed by atoms with Gasteiger partial charge in [-0.1, -0.05) is 18.2 Å². The number of hydrogen-bond acceptors (Lipinski definition) is 3. The molecule has 7 heteroatoms. The van der Waals surface area contributed by atoms with Gasteiger partial charge in [-0.25, -0.2) is 4.79 Å². The average molecular weight is 422 g/mol. The van der Waals surface area contributed by atoms with E-state index < -0.39 is 5.97 Å². The van der Waals surface area contributed by atoms with Crippen LogP contribution in [0.2, 0.25) is 0 Å². The summed E-state index contributed by atoms with van der Waals surface area (Å²) in [5.41, 5.74) is 4.22. The molecule has 3 aliphatic rings. The Balaban J connectivity index is 0.00000240. The second-order valence-corrected chi connectivity index (χ2v) is 8.41. The van der Waals surface area contributed by atoms with E-state index in [9.17, 15) is 9.59 Å². The van der Waals surface area contributed by atoms with Gasteiger partial charge in [0.2, 0.25) is 0 Å². The van der Waals surface area contributed by atoms with Crippen LogP contribution in [-0.4, -0.2) is 65.7 Å². The molecule has 0 unspecified atom stereocenters. The van der Waals surface area contributed by atoms with Crippen LogP contribution in [0.15, 0.2) is 18.2 Å².